The highest BCUT2D eigenvalue weighted by Crippen LogP contribution is 2.36. The number of ether oxygens (including phenoxy) is 1. The molecule has 0 aliphatic heterocycles. The quantitative estimate of drug-likeness (QED) is 0.709. The maximum atomic E-state index is 11.5. The summed E-state index contributed by atoms with van der Waals surface area (Å²) in [5.41, 5.74) is 1.18. The van der Waals surface area contributed by atoms with Crippen LogP contribution in [0.2, 0.25) is 0 Å². The minimum atomic E-state index is -0.757. The molecule has 0 radical (unpaired) electrons. The number of hydrogen-bond acceptors (Lipinski definition) is 4. The van der Waals surface area contributed by atoms with Crippen LogP contribution in [0, 0.1) is 0 Å². The maximum Gasteiger partial charge on any atom is 0.423 e. The van der Waals surface area contributed by atoms with Gasteiger partial charge in [0.2, 0.25) is 11.8 Å². The lowest BCUT2D eigenvalue weighted by Gasteiger charge is -2.04. The van der Waals surface area contributed by atoms with E-state index in [2.05, 4.69) is 0 Å². The standard InChI is InChI=1S/C11H13NO4/c1-2-16-11(15)12-9(13)7-5-3-4-6-8(7)10(12)14/h3-4,13-14H,2,5-6H2,1H3. The molecule has 0 fully saturated rings. The monoisotopic (exact) mass is 223 g/mol. The molecule has 2 rings (SSSR count). The van der Waals surface area contributed by atoms with E-state index in [1.807, 2.05) is 12.2 Å². The Morgan fingerprint density at radius 1 is 1.31 bits per heavy atom. The molecule has 0 aromatic carbocycles. The van der Waals surface area contributed by atoms with Crippen LogP contribution in [0.1, 0.15) is 18.1 Å². The van der Waals surface area contributed by atoms with Crippen LogP contribution in [0.25, 0.3) is 0 Å². The van der Waals surface area contributed by atoms with Gasteiger partial charge in [-0.25, -0.2) is 4.79 Å². The predicted molar refractivity (Wildman–Crippen MR) is 56.7 cm³/mol. The van der Waals surface area contributed by atoms with Crippen LogP contribution >= 0.6 is 0 Å². The zero-order chi connectivity index (χ0) is 11.7. The van der Waals surface area contributed by atoms with Crippen LogP contribution in [-0.2, 0) is 17.6 Å². The highest BCUT2D eigenvalue weighted by atomic mass is 16.6. The van der Waals surface area contributed by atoms with Gasteiger partial charge in [-0.15, -0.1) is 0 Å². The number of carbonyl (C=O) groups excluding carboxylic acids is 1. The Labute approximate surface area is 92.6 Å². The first kappa shape index (κ1) is 10.6. The van der Waals surface area contributed by atoms with Crippen molar-refractivity contribution in [1.29, 1.82) is 0 Å². The van der Waals surface area contributed by atoms with Crippen LogP contribution in [0.4, 0.5) is 4.79 Å². The minimum absolute atomic E-state index is 0.193. The predicted octanol–water partition coefficient (Wildman–Crippen LogP) is 1.56. The van der Waals surface area contributed by atoms with E-state index in [0.29, 0.717) is 24.0 Å². The van der Waals surface area contributed by atoms with Gasteiger partial charge in [-0.2, -0.15) is 4.57 Å². The first-order valence-corrected chi connectivity index (χ1v) is 5.13. The van der Waals surface area contributed by atoms with E-state index in [0.717, 1.165) is 4.57 Å². The van der Waals surface area contributed by atoms with Crippen molar-refractivity contribution in [1.82, 2.24) is 4.57 Å². The van der Waals surface area contributed by atoms with Crippen molar-refractivity contribution < 1.29 is 19.7 Å². The normalized spacial score (nSPS) is 13.6. The number of aromatic hydroxyl groups is 2. The summed E-state index contributed by atoms with van der Waals surface area (Å²) in [6.07, 6.45) is 4.04. The summed E-state index contributed by atoms with van der Waals surface area (Å²) in [7, 11) is 0. The number of rotatable bonds is 1. The lowest BCUT2D eigenvalue weighted by molar-refractivity contribution is 0.148. The van der Waals surface area contributed by atoms with E-state index < -0.39 is 6.09 Å². The van der Waals surface area contributed by atoms with Gasteiger partial charge in [0.05, 0.1) is 6.61 Å². The first-order valence-electron chi connectivity index (χ1n) is 5.13. The lowest BCUT2D eigenvalue weighted by Crippen LogP contribution is -2.12. The molecule has 1 aliphatic rings. The molecule has 1 aromatic rings. The molecule has 0 bridgehead atoms. The molecule has 5 heteroatoms. The Balaban J connectivity index is 2.47. The number of hydrogen-bond donors (Lipinski definition) is 2. The van der Waals surface area contributed by atoms with Gasteiger partial charge >= 0.3 is 6.09 Å². The van der Waals surface area contributed by atoms with Crippen LogP contribution in [0.3, 0.4) is 0 Å². The van der Waals surface area contributed by atoms with Crippen molar-refractivity contribution in [2.45, 2.75) is 19.8 Å². The van der Waals surface area contributed by atoms with E-state index in [-0.39, 0.29) is 18.4 Å². The Morgan fingerprint density at radius 3 is 2.25 bits per heavy atom. The molecular weight excluding hydrogens is 210 g/mol. The molecule has 0 saturated carbocycles. The summed E-state index contributed by atoms with van der Waals surface area (Å²) in [4.78, 5) is 11.5. The van der Waals surface area contributed by atoms with Gasteiger partial charge in [-0.05, 0) is 19.8 Å². The van der Waals surface area contributed by atoms with Crippen LogP contribution < -0.4 is 0 Å². The second kappa shape index (κ2) is 3.92. The van der Waals surface area contributed by atoms with Crippen molar-refractivity contribution in [3.8, 4) is 11.8 Å². The zero-order valence-corrected chi connectivity index (χ0v) is 8.93. The number of fused-ring (bicyclic) bond motifs is 1. The molecule has 0 spiro atoms. The molecular formula is C11H13NO4. The molecule has 0 unspecified atom stereocenters. The largest absolute Gasteiger partial charge is 0.494 e. The van der Waals surface area contributed by atoms with Gasteiger partial charge in [0.1, 0.15) is 0 Å². The van der Waals surface area contributed by atoms with Gasteiger partial charge in [0, 0.05) is 11.1 Å². The van der Waals surface area contributed by atoms with Crippen molar-refractivity contribution in [3.05, 3.63) is 23.3 Å². The molecule has 86 valence electrons. The zero-order valence-electron chi connectivity index (χ0n) is 8.93. The van der Waals surface area contributed by atoms with Gasteiger partial charge in [0.15, 0.2) is 0 Å². The molecule has 0 amide bonds. The van der Waals surface area contributed by atoms with Crippen molar-refractivity contribution in [2.75, 3.05) is 6.61 Å². The maximum absolute atomic E-state index is 11.5. The fraction of sp³-hybridized carbons (Fsp3) is 0.364. The first-order chi connectivity index (χ1) is 7.66. The summed E-state index contributed by atoms with van der Waals surface area (Å²) in [5, 5.41) is 19.6. The van der Waals surface area contributed by atoms with Crippen molar-refractivity contribution in [2.24, 2.45) is 0 Å². The summed E-state index contributed by atoms with van der Waals surface area (Å²) in [5.74, 6) is -0.453. The highest BCUT2D eigenvalue weighted by Gasteiger charge is 2.26. The second-order valence-electron chi connectivity index (χ2n) is 3.52. The number of carbonyl (C=O) groups is 1. The van der Waals surface area contributed by atoms with E-state index in [4.69, 9.17) is 4.74 Å². The number of aromatic nitrogens is 1. The third-order valence-corrected chi connectivity index (χ3v) is 2.59. The molecule has 16 heavy (non-hydrogen) atoms. The summed E-state index contributed by atoms with van der Waals surface area (Å²) in [6.45, 7) is 1.86. The average molecular weight is 223 g/mol. The third-order valence-electron chi connectivity index (χ3n) is 2.59. The third kappa shape index (κ3) is 1.44. The van der Waals surface area contributed by atoms with Gasteiger partial charge in [0.25, 0.3) is 0 Å². The van der Waals surface area contributed by atoms with E-state index in [1.54, 1.807) is 6.92 Å². The number of allylic oxidation sites excluding steroid dienone is 2. The van der Waals surface area contributed by atoms with E-state index >= 15 is 0 Å². The molecule has 1 aliphatic carbocycles. The average Bonchev–Trinajstić information content (AvgIpc) is 2.53. The van der Waals surface area contributed by atoms with E-state index in [1.165, 1.54) is 0 Å². The van der Waals surface area contributed by atoms with Crippen molar-refractivity contribution >= 4 is 6.09 Å². The molecule has 2 N–H and O–H groups in total. The van der Waals surface area contributed by atoms with Crippen LogP contribution in [-0.4, -0.2) is 27.5 Å². The lowest BCUT2D eigenvalue weighted by atomic mass is 10.0. The molecule has 0 saturated heterocycles. The molecule has 0 atom stereocenters. The SMILES string of the molecule is CCOC(=O)n1c(O)c2c(c1O)CC=CC2. The van der Waals surface area contributed by atoms with E-state index in [9.17, 15) is 15.0 Å². The van der Waals surface area contributed by atoms with Gasteiger partial charge < -0.3 is 14.9 Å². The minimum Gasteiger partial charge on any atom is -0.494 e. The summed E-state index contributed by atoms with van der Waals surface area (Å²) >= 11 is 0. The topological polar surface area (TPSA) is 71.7 Å². The molecule has 1 aromatic heterocycles. The van der Waals surface area contributed by atoms with Gasteiger partial charge in [-0.1, -0.05) is 12.2 Å². The Hall–Kier alpha value is -1.91. The summed E-state index contributed by atoms with van der Waals surface area (Å²) in [6, 6.07) is 0. The number of nitrogens with zero attached hydrogens (tertiary/aromatic N) is 1. The Morgan fingerprint density at radius 2 is 1.81 bits per heavy atom. The highest BCUT2D eigenvalue weighted by molar-refractivity contribution is 5.77. The molecule has 1 heterocycles. The smallest absolute Gasteiger partial charge is 0.423 e. The molecule has 5 nitrogen and oxygen atoms in total. The fourth-order valence-corrected chi connectivity index (χ4v) is 1.83. The van der Waals surface area contributed by atoms with Crippen molar-refractivity contribution in [3.63, 3.8) is 0 Å². The summed E-state index contributed by atoms with van der Waals surface area (Å²) < 4.78 is 5.56. The Kier molecular flexibility index (Phi) is 2.60. The van der Waals surface area contributed by atoms with Crippen LogP contribution in [0.15, 0.2) is 12.2 Å². The fourth-order valence-electron chi connectivity index (χ4n) is 1.83. The van der Waals surface area contributed by atoms with Gasteiger partial charge in [-0.3, -0.25) is 0 Å². The second-order valence-corrected chi connectivity index (χ2v) is 3.52. The Bertz CT molecular complexity index is 428. The van der Waals surface area contributed by atoms with Crippen LogP contribution in [0.5, 0.6) is 11.8 Å².